The Labute approximate surface area is 217 Å². The molecular formula is C27H25F4N3O3S. The van der Waals surface area contributed by atoms with Gasteiger partial charge in [-0.15, -0.1) is 0 Å². The van der Waals surface area contributed by atoms with Gasteiger partial charge in [0.15, 0.2) is 0 Å². The molecule has 1 saturated heterocycles. The molecular weight excluding hydrogens is 522 g/mol. The first-order valence-corrected chi connectivity index (χ1v) is 13.8. The molecule has 1 saturated carbocycles. The van der Waals surface area contributed by atoms with Gasteiger partial charge in [0.1, 0.15) is 23.3 Å². The zero-order chi connectivity index (χ0) is 27.0. The predicted octanol–water partition coefficient (Wildman–Crippen LogP) is 4.91. The SMILES string of the molecule is O=C(C[C@@H](c1ccc(F)cc1)c1cc(F)cc(F)c1)Nc1cncc(F)c1CC[C@H]1CN1S(=O)(=O)C1CC1. The summed E-state index contributed by atoms with van der Waals surface area (Å²) in [6.07, 6.45) is 3.97. The lowest BCUT2D eigenvalue weighted by molar-refractivity contribution is -0.116. The summed E-state index contributed by atoms with van der Waals surface area (Å²) in [5.74, 6) is -4.15. The largest absolute Gasteiger partial charge is 0.324 e. The molecule has 38 heavy (non-hydrogen) atoms. The molecule has 2 fully saturated rings. The molecule has 3 aromatic rings. The topological polar surface area (TPSA) is 79.1 Å². The average Bonchev–Trinajstić information content (AvgIpc) is 3.76. The smallest absolute Gasteiger partial charge is 0.225 e. The number of aromatic nitrogens is 1. The van der Waals surface area contributed by atoms with E-state index in [0.717, 1.165) is 18.3 Å². The maximum atomic E-state index is 14.7. The number of hydrogen-bond acceptors (Lipinski definition) is 4. The number of rotatable bonds is 10. The number of carbonyl (C=O) groups excluding carboxylic acids is 1. The fourth-order valence-corrected chi connectivity index (χ4v) is 6.70. The summed E-state index contributed by atoms with van der Waals surface area (Å²) in [7, 11) is -3.28. The molecule has 200 valence electrons. The van der Waals surface area contributed by atoms with Crippen LogP contribution < -0.4 is 5.32 Å². The van der Waals surface area contributed by atoms with Crippen LogP contribution >= 0.6 is 0 Å². The molecule has 1 N–H and O–H groups in total. The Morgan fingerprint density at radius 1 is 0.974 bits per heavy atom. The number of anilines is 1. The molecule has 11 heteroatoms. The highest BCUT2D eigenvalue weighted by Crippen LogP contribution is 2.38. The van der Waals surface area contributed by atoms with Crippen molar-refractivity contribution in [1.29, 1.82) is 0 Å². The Bertz CT molecular complexity index is 1440. The molecule has 5 rings (SSSR count). The van der Waals surface area contributed by atoms with Crippen LogP contribution in [0.5, 0.6) is 0 Å². The molecule has 1 aliphatic heterocycles. The van der Waals surface area contributed by atoms with Crippen LogP contribution in [0.25, 0.3) is 0 Å². The monoisotopic (exact) mass is 547 g/mol. The third-order valence-electron chi connectivity index (χ3n) is 6.89. The Hall–Kier alpha value is -3.31. The van der Waals surface area contributed by atoms with Crippen LogP contribution in [0.2, 0.25) is 0 Å². The highest BCUT2D eigenvalue weighted by atomic mass is 32.2. The van der Waals surface area contributed by atoms with Crippen LogP contribution in [-0.4, -0.2) is 41.5 Å². The number of amides is 1. The Balaban J connectivity index is 1.31. The summed E-state index contributed by atoms with van der Waals surface area (Å²) in [5, 5.41) is 2.34. The van der Waals surface area contributed by atoms with E-state index in [0.29, 0.717) is 37.4 Å². The quantitative estimate of drug-likeness (QED) is 0.289. The van der Waals surface area contributed by atoms with E-state index in [-0.39, 0.29) is 40.9 Å². The van der Waals surface area contributed by atoms with Crippen LogP contribution in [0.1, 0.15) is 48.3 Å². The Morgan fingerprint density at radius 2 is 1.66 bits per heavy atom. The second-order valence-corrected chi connectivity index (χ2v) is 11.9. The number of benzene rings is 2. The zero-order valence-electron chi connectivity index (χ0n) is 20.2. The molecule has 1 amide bonds. The van der Waals surface area contributed by atoms with Gasteiger partial charge in [0.2, 0.25) is 15.9 Å². The molecule has 0 bridgehead atoms. The van der Waals surface area contributed by atoms with Crippen molar-refractivity contribution < 1.29 is 30.8 Å². The van der Waals surface area contributed by atoms with E-state index in [1.807, 2.05) is 0 Å². The van der Waals surface area contributed by atoms with E-state index in [1.54, 1.807) is 0 Å². The highest BCUT2D eigenvalue weighted by Gasteiger charge is 2.50. The lowest BCUT2D eigenvalue weighted by Crippen LogP contribution is -2.20. The van der Waals surface area contributed by atoms with Crippen LogP contribution in [0.4, 0.5) is 23.2 Å². The zero-order valence-corrected chi connectivity index (χ0v) is 21.0. The minimum absolute atomic E-state index is 0.135. The molecule has 1 unspecified atom stereocenters. The number of hydrogen-bond donors (Lipinski definition) is 1. The van der Waals surface area contributed by atoms with Crippen LogP contribution in [-0.2, 0) is 21.2 Å². The first-order chi connectivity index (χ1) is 18.1. The summed E-state index contributed by atoms with van der Waals surface area (Å²) in [5.41, 5.74) is 0.983. The molecule has 3 atom stereocenters. The van der Waals surface area contributed by atoms with E-state index >= 15 is 0 Å². The third kappa shape index (κ3) is 5.88. The van der Waals surface area contributed by atoms with E-state index in [4.69, 9.17) is 0 Å². The lowest BCUT2D eigenvalue weighted by Gasteiger charge is -2.19. The van der Waals surface area contributed by atoms with Gasteiger partial charge in [-0.1, -0.05) is 12.1 Å². The van der Waals surface area contributed by atoms with Gasteiger partial charge < -0.3 is 5.32 Å². The van der Waals surface area contributed by atoms with Crippen molar-refractivity contribution in [3.8, 4) is 0 Å². The summed E-state index contributed by atoms with van der Waals surface area (Å²) >= 11 is 0. The summed E-state index contributed by atoms with van der Waals surface area (Å²) in [4.78, 5) is 16.9. The van der Waals surface area contributed by atoms with E-state index < -0.39 is 45.1 Å². The fraction of sp³-hybridized carbons (Fsp3) is 0.333. The van der Waals surface area contributed by atoms with Gasteiger partial charge >= 0.3 is 0 Å². The molecule has 0 spiro atoms. The van der Waals surface area contributed by atoms with Crippen molar-refractivity contribution in [3.63, 3.8) is 0 Å². The van der Waals surface area contributed by atoms with Crippen LogP contribution in [0.3, 0.4) is 0 Å². The van der Waals surface area contributed by atoms with Gasteiger partial charge in [-0.2, -0.15) is 4.31 Å². The van der Waals surface area contributed by atoms with Gasteiger partial charge in [0.25, 0.3) is 0 Å². The van der Waals surface area contributed by atoms with Crippen molar-refractivity contribution >= 4 is 21.6 Å². The lowest BCUT2D eigenvalue weighted by atomic mass is 9.88. The molecule has 2 aliphatic rings. The predicted molar refractivity (Wildman–Crippen MR) is 133 cm³/mol. The summed E-state index contributed by atoms with van der Waals surface area (Å²) < 4.78 is 82.3. The van der Waals surface area contributed by atoms with Crippen molar-refractivity contribution in [1.82, 2.24) is 9.29 Å². The number of nitrogens with one attached hydrogen (secondary N) is 1. The van der Waals surface area contributed by atoms with E-state index in [1.165, 1.54) is 34.8 Å². The number of nitrogens with zero attached hydrogens (tertiary/aromatic N) is 2. The van der Waals surface area contributed by atoms with Crippen LogP contribution in [0, 0.1) is 23.3 Å². The number of carbonyl (C=O) groups is 1. The Kier molecular flexibility index (Phi) is 7.23. The summed E-state index contributed by atoms with van der Waals surface area (Å²) in [6.45, 7) is 0.400. The summed E-state index contributed by atoms with van der Waals surface area (Å²) in [6, 6.07) is 7.97. The minimum Gasteiger partial charge on any atom is -0.324 e. The molecule has 1 aromatic heterocycles. The Morgan fingerprint density at radius 3 is 2.32 bits per heavy atom. The average molecular weight is 548 g/mol. The van der Waals surface area contributed by atoms with E-state index in [2.05, 4.69) is 10.3 Å². The molecule has 2 aromatic carbocycles. The number of sulfonamides is 1. The van der Waals surface area contributed by atoms with Gasteiger partial charge in [-0.05, 0) is 61.1 Å². The number of halogens is 4. The van der Waals surface area contributed by atoms with Gasteiger partial charge in [0.05, 0.1) is 23.3 Å². The van der Waals surface area contributed by atoms with Gasteiger partial charge in [0, 0.05) is 36.6 Å². The maximum absolute atomic E-state index is 14.7. The molecule has 2 heterocycles. The van der Waals surface area contributed by atoms with Crippen molar-refractivity contribution in [2.45, 2.75) is 49.3 Å². The highest BCUT2D eigenvalue weighted by molar-refractivity contribution is 7.90. The third-order valence-corrected chi connectivity index (χ3v) is 9.31. The second kappa shape index (κ2) is 10.5. The normalized spacial score (nSPS) is 19.7. The second-order valence-electron chi connectivity index (χ2n) is 9.71. The molecule has 1 aliphatic carbocycles. The van der Waals surface area contributed by atoms with E-state index in [9.17, 15) is 30.8 Å². The van der Waals surface area contributed by atoms with Crippen LogP contribution in [0.15, 0.2) is 54.9 Å². The van der Waals surface area contributed by atoms with Gasteiger partial charge in [-0.3, -0.25) is 9.78 Å². The fourth-order valence-electron chi connectivity index (χ4n) is 4.69. The van der Waals surface area contributed by atoms with Crippen molar-refractivity contribution in [2.75, 3.05) is 11.9 Å². The maximum Gasteiger partial charge on any atom is 0.225 e. The number of pyridine rings is 1. The standard InChI is InChI=1S/C27H25F4N3O3S/c28-18-3-1-16(2-4-18)24(17-9-19(29)11-20(30)10-17)12-27(35)33-26-14-32-13-25(31)23(26)8-5-21-15-34(21)38(36,37)22-6-7-22/h1-4,9-11,13-14,21-22,24H,5-8,12,15H2,(H,33,35)/t21-,24-,34?/m0/s1. The van der Waals surface area contributed by atoms with Gasteiger partial charge in [-0.25, -0.2) is 26.0 Å². The molecule has 0 radical (unpaired) electrons. The van der Waals surface area contributed by atoms with Crippen molar-refractivity contribution in [3.05, 3.63) is 94.8 Å². The minimum atomic E-state index is -3.28. The molecule has 6 nitrogen and oxygen atoms in total. The van der Waals surface area contributed by atoms with Crippen molar-refractivity contribution in [2.24, 2.45) is 0 Å². The first kappa shape index (κ1) is 26.3. The first-order valence-electron chi connectivity index (χ1n) is 12.3.